The van der Waals surface area contributed by atoms with Crippen molar-refractivity contribution >= 4 is 28.4 Å². The van der Waals surface area contributed by atoms with Gasteiger partial charge >= 0.3 is 0 Å². The molecule has 2 aliphatic rings. The van der Waals surface area contributed by atoms with E-state index in [2.05, 4.69) is 26.6 Å². The number of hydrogen-bond acceptors (Lipinski definition) is 10. The molecule has 1 fully saturated rings. The van der Waals surface area contributed by atoms with E-state index < -0.39 is 0 Å². The molecule has 0 aliphatic carbocycles. The standard InChI is InChI=1S/C25H19N5O4S/c1-2-4-15(5-3-1)18-23-22-21(26-24(18)30-8-11-31-12-9-30)19(17-7-13-35-29-17)20(16-6-10-34-28-16)25(27-22)33-14-32-23/h1-7,10,13H,8-9,11-12,14H2. The number of nitrogens with zero attached hydrogens (tertiary/aromatic N) is 5. The molecule has 7 rings (SSSR count). The van der Waals surface area contributed by atoms with Gasteiger partial charge in [0.1, 0.15) is 28.8 Å². The molecular formula is C25H19N5O4S. The number of hydrogen-bond donors (Lipinski definition) is 0. The Kier molecular flexibility index (Phi) is 4.85. The second kappa shape index (κ2) is 8.33. The first-order chi connectivity index (χ1) is 17.4. The van der Waals surface area contributed by atoms with Crippen molar-refractivity contribution in [2.45, 2.75) is 0 Å². The fourth-order valence-electron chi connectivity index (χ4n) is 4.63. The van der Waals surface area contributed by atoms with Gasteiger partial charge in [-0.15, -0.1) is 0 Å². The molecule has 0 atom stereocenters. The normalized spacial score (nSPS) is 15.1. The maximum atomic E-state index is 6.27. The van der Waals surface area contributed by atoms with Gasteiger partial charge in [-0.1, -0.05) is 35.5 Å². The lowest BCUT2D eigenvalue weighted by Crippen LogP contribution is -2.37. The molecule has 0 unspecified atom stereocenters. The van der Waals surface area contributed by atoms with Gasteiger partial charge < -0.3 is 23.6 Å². The van der Waals surface area contributed by atoms with Crippen molar-refractivity contribution in [2.24, 2.45) is 0 Å². The van der Waals surface area contributed by atoms with Crippen molar-refractivity contribution in [3.8, 4) is 45.3 Å². The predicted molar refractivity (Wildman–Crippen MR) is 131 cm³/mol. The smallest absolute Gasteiger partial charge is 0.232 e. The maximum absolute atomic E-state index is 6.27. The fourth-order valence-corrected chi connectivity index (χ4v) is 5.15. The molecule has 4 aromatic heterocycles. The molecule has 0 N–H and O–H groups in total. The van der Waals surface area contributed by atoms with E-state index in [1.165, 1.54) is 17.8 Å². The minimum absolute atomic E-state index is 0.00334. The molecular weight excluding hydrogens is 466 g/mol. The van der Waals surface area contributed by atoms with Crippen molar-refractivity contribution in [3.63, 3.8) is 0 Å². The van der Waals surface area contributed by atoms with Crippen LogP contribution in [0.3, 0.4) is 0 Å². The van der Waals surface area contributed by atoms with E-state index in [0.29, 0.717) is 47.1 Å². The number of benzene rings is 1. The predicted octanol–water partition coefficient (Wildman–Crippen LogP) is 4.64. The second-order valence-electron chi connectivity index (χ2n) is 8.15. The van der Waals surface area contributed by atoms with Crippen molar-refractivity contribution < 1.29 is 18.7 Å². The van der Waals surface area contributed by atoms with Crippen LogP contribution < -0.4 is 14.4 Å². The van der Waals surface area contributed by atoms with Crippen LogP contribution >= 0.6 is 11.5 Å². The molecule has 1 saturated heterocycles. The summed E-state index contributed by atoms with van der Waals surface area (Å²) in [7, 11) is 0. The molecule has 6 heterocycles. The van der Waals surface area contributed by atoms with Gasteiger partial charge in [0.15, 0.2) is 5.75 Å². The lowest BCUT2D eigenvalue weighted by Gasteiger charge is -2.30. The van der Waals surface area contributed by atoms with E-state index in [9.17, 15) is 0 Å². The Morgan fingerprint density at radius 2 is 1.71 bits per heavy atom. The van der Waals surface area contributed by atoms with Crippen LogP contribution in [0.4, 0.5) is 5.82 Å². The number of fused-ring (bicyclic) bond motifs is 1. The zero-order valence-electron chi connectivity index (χ0n) is 18.5. The first kappa shape index (κ1) is 20.4. The lowest BCUT2D eigenvalue weighted by molar-refractivity contribution is 0.121. The molecule has 1 aromatic carbocycles. The Morgan fingerprint density at radius 3 is 2.49 bits per heavy atom. The third-order valence-corrected chi connectivity index (χ3v) is 6.74. The molecule has 2 aliphatic heterocycles. The largest absolute Gasteiger partial charge is 0.454 e. The fraction of sp³-hybridized carbons (Fsp3) is 0.200. The van der Waals surface area contributed by atoms with Gasteiger partial charge in [0.25, 0.3) is 0 Å². The van der Waals surface area contributed by atoms with Crippen LogP contribution in [0.1, 0.15) is 0 Å². The summed E-state index contributed by atoms with van der Waals surface area (Å²) in [6.45, 7) is 2.72. The van der Waals surface area contributed by atoms with Gasteiger partial charge in [-0.05, 0) is 23.2 Å². The first-order valence-electron chi connectivity index (χ1n) is 11.3. The van der Waals surface area contributed by atoms with Crippen LogP contribution in [0.2, 0.25) is 0 Å². The SMILES string of the molecule is c1ccc(-c2c(N3CCOCC3)nc3c(-c4ccsn4)c(-c4ccon4)c4nc3c2OCO4)cc1. The number of ether oxygens (including phenoxy) is 3. The van der Waals surface area contributed by atoms with Crippen molar-refractivity contribution in [2.75, 3.05) is 38.0 Å². The first-order valence-corrected chi connectivity index (χ1v) is 12.1. The number of aromatic nitrogens is 4. The quantitative estimate of drug-likeness (QED) is 0.361. The monoisotopic (exact) mass is 485 g/mol. The van der Waals surface area contributed by atoms with Gasteiger partial charge in [-0.3, -0.25) is 0 Å². The maximum Gasteiger partial charge on any atom is 0.232 e. The number of anilines is 1. The van der Waals surface area contributed by atoms with Gasteiger partial charge in [0.2, 0.25) is 12.7 Å². The average molecular weight is 486 g/mol. The highest BCUT2D eigenvalue weighted by Crippen LogP contribution is 2.49. The van der Waals surface area contributed by atoms with Crippen LogP contribution in [0, 0.1) is 0 Å². The zero-order valence-corrected chi connectivity index (χ0v) is 19.3. The molecule has 5 aromatic rings. The molecule has 174 valence electrons. The number of rotatable bonds is 4. The Hall–Kier alpha value is -4.02. The second-order valence-corrected chi connectivity index (χ2v) is 8.81. The summed E-state index contributed by atoms with van der Waals surface area (Å²) in [5.41, 5.74) is 6.04. The van der Waals surface area contributed by atoms with Crippen LogP contribution in [-0.4, -0.2) is 52.6 Å². The third kappa shape index (κ3) is 3.33. The highest BCUT2D eigenvalue weighted by Gasteiger charge is 2.32. The van der Waals surface area contributed by atoms with E-state index in [0.717, 1.165) is 41.3 Å². The summed E-state index contributed by atoms with van der Waals surface area (Å²) >= 11 is 1.37. The summed E-state index contributed by atoms with van der Waals surface area (Å²) in [4.78, 5) is 12.4. The molecule has 10 heteroatoms. The molecule has 35 heavy (non-hydrogen) atoms. The average Bonchev–Trinajstić information content (AvgIpc) is 3.60. The van der Waals surface area contributed by atoms with Crippen molar-refractivity contribution in [1.82, 2.24) is 19.5 Å². The Balaban J connectivity index is 1.62. The number of morpholine rings is 1. The Bertz CT molecular complexity index is 1500. The molecule has 0 spiro atoms. The Labute approximate surface area is 204 Å². The number of pyridine rings is 2. The highest BCUT2D eigenvalue weighted by atomic mass is 32.1. The van der Waals surface area contributed by atoms with Gasteiger partial charge in [0.05, 0.1) is 30.0 Å². The summed E-state index contributed by atoms with van der Waals surface area (Å²) in [5.74, 6) is 1.87. The lowest BCUT2D eigenvalue weighted by atomic mass is 9.98. The molecule has 9 nitrogen and oxygen atoms in total. The summed E-state index contributed by atoms with van der Waals surface area (Å²) in [6.07, 6.45) is 1.53. The molecule has 0 amide bonds. The Morgan fingerprint density at radius 1 is 0.829 bits per heavy atom. The van der Waals surface area contributed by atoms with Crippen molar-refractivity contribution in [3.05, 3.63) is 54.1 Å². The molecule has 0 saturated carbocycles. The minimum Gasteiger partial charge on any atom is -0.454 e. The third-order valence-electron chi connectivity index (χ3n) is 6.18. The van der Waals surface area contributed by atoms with E-state index in [-0.39, 0.29) is 6.79 Å². The van der Waals surface area contributed by atoms with Crippen LogP contribution in [0.25, 0.3) is 44.7 Å². The zero-order chi connectivity index (χ0) is 23.2. The van der Waals surface area contributed by atoms with E-state index in [1.807, 2.05) is 29.6 Å². The van der Waals surface area contributed by atoms with Crippen LogP contribution in [-0.2, 0) is 4.74 Å². The topological polar surface area (TPSA) is 95.6 Å². The van der Waals surface area contributed by atoms with E-state index in [1.54, 1.807) is 6.07 Å². The summed E-state index contributed by atoms with van der Waals surface area (Å²) in [6, 6.07) is 13.9. The molecule has 0 radical (unpaired) electrons. The molecule has 2 bridgehead atoms. The van der Waals surface area contributed by atoms with Crippen LogP contribution in [0.5, 0.6) is 11.6 Å². The van der Waals surface area contributed by atoms with E-state index >= 15 is 0 Å². The summed E-state index contributed by atoms with van der Waals surface area (Å²) in [5, 5.41) is 6.12. The highest BCUT2D eigenvalue weighted by molar-refractivity contribution is 7.03. The summed E-state index contributed by atoms with van der Waals surface area (Å²) < 4.78 is 27.7. The van der Waals surface area contributed by atoms with Gasteiger partial charge in [-0.25, -0.2) is 9.97 Å². The van der Waals surface area contributed by atoms with Gasteiger partial charge in [0, 0.05) is 30.1 Å². The van der Waals surface area contributed by atoms with Gasteiger partial charge in [-0.2, -0.15) is 4.37 Å². The van der Waals surface area contributed by atoms with E-state index in [4.69, 9.17) is 28.7 Å². The van der Waals surface area contributed by atoms with Crippen molar-refractivity contribution in [1.29, 1.82) is 0 Å². The van der Waals surface area contributed by atoms with Crippen LogP contribution in [0.15, 0.2) is 58.6 Å². The minimum atomic E-state index is 0.00334.